The van der Waals surface area contributed by atoms with Crippen molar-refractivity contribution in [2.24, 2.45) is 0 Å². The molecule has 0 fully saturated rings. The van der Waals surface area contributed by atoms with Gasteiger partial charge in [-0.3, -0.25) is 9.59 Å². The van der Waals surface area contributed by atoms with E-state index < -0.39 is 11.6 Å². The lowest BCUT2D eigenvalue weighted by molar-refractivity contribution is -0.114. The molecule has 0 atom stereocenters. The number of carbonyl (C=O) groups excluding carboxylic acids is 2. The van der Waals surface area contributed by atoms with Crippen LogP contribution in [0.4, 0.5) is 11.4 Å². The molecule has 1 aliphatic rings. The lowest BCUT2D eigenvalue weighted by atomic mass is 9.97. The summed E-state index contributed by atoms with van der Waals surface area (Å²) in [5, 5.41) is 23.5. The third-order valence-electron chi connectivity index (χ3n) is 7.20. The Morgan fingerprint density at radius 1 is 0.545 bits per heavy atom. The van der Waals surface area contributed by atoms with Crippen LogP contribution in [0.5, 0.6) is 11.5 Å². The van der Waals surface area contributed by atoms with Gasteiger partial charge in [-0.2, -0.15) is 0 Å². The molecule has 2 heterocycles. The summed E-state index contributed by atoms with van der Waals surface area (Å²) in [5.74, 6) is 0.251. The molecule has 12 heteroatoms. The van der Waals surface area contributed by atoms with Crippen LogP contribution in [-0.2, 0) is 9.59 Å². The highest BCUT2D eigenvalue weighted by Crippen LogP contribution is 2.34. The van der Waals surface area contributed by atoms with E-state index in [4.69, 9.17) is 9.47 Å². The topological polar surface area (TPSA) is 138 Å². The number of para-hydroxylation sites is 2. The van der Waals surface area contributed by atoms with Gasteiger partial charge in [-0.25, -0.2) is 9.36 Å². The lowest BCUT2D eigenvalue weighted by Crippen LogP contribution is -2.34. The number of hydrogen-bond donors (Lipinski definition) is 2. The molecule has 2 N–H and O–H groups in total. The number of nitrogens with zero attached hydrogens (tertiary/aromatic N) is 6. The summed E-state index contributed by atoms with van der Waals surface area (Å²) in [6.07, 6.45) is 0. The number of hydrogen-bond acceptors (Lipinski definition) is 10. The van der Waals surface area contributed by atoms with E-state index in [1.165, 1.54) is 9.36 Å². The molecule has 0 saturated heterocycles. The molecule has 0 spiro atoms. The second kappa shape index (κ2) is 10.8. The first-order chi connectivity index (χ1) is 21.6. The number of benzene rings is 4. The summed E-state index contributed by atoms with van der Waals surface area (Å²) in [6, 6.07) is 28.4. The molecule has 44 heavy (non-hydrogen) atoms. The van der Waals surface area contributed by atoms with Crippen LogP contribution in [0, 0.1) is 0 Å². The van der Waals surface area contributed by atoms with Gasteiger partial charge in [0.2, 0.25) is 11.6 Å². The highest BCUT2D eigenvalue weighted by molar-refractivity contribution is 6.45. The highest BCUT2D eigenvalue weighted by atomic mass is 16.5. The second-order valence-corrected chi connectivity index (χ2v) is 9.79. The maximum absolute atomic E-state index is 14.7. The molecule has 4 aromatic carbocycles. The van der Waals surface area contributed by atoms with Crippen molar-refractivity contribution in [3.05, 3.63) is 108 Å². The van der Waals surface area contributed by atoms with E-state index in [1.807, 2.05) is 24.3 Å². The zero-order valence-electron chi connectivity index (χ0n) is 23.6. The Balaban J connectivity index is 1.46. The fraction of sp³-hybridized carbons (Fsp3) is 0.0625. The van der Waals surface area contributed by atoms with Crippen LogP contribution >= 0.6 is 0 Å². The lowest BCUT2D eigenvalue weighted by Gasteiger charge is -2.25. The first-order valence-electron chi connectivity index (χ1n) is 13.6. The molecule has 1 aliphatic carbocycles. The van der Waals surface area contributed by atoms with Crippen LogP contribution in [0.25, 0.3) is 33.5 Å². The van der Waals surface area contributed by atoms with Crippen LogP contribution in [0.2, 0.25) is 0 Å². The molecule has 6 aromatic rings. The van der Waals surface area contributed by atoms with Crippen molar-refractivity contribution >= 4 is 56.4 Å². The van der Waals surface area contributed by atoms with Crippen molar-refractivity contribution in [1.82, 2.24) is 30.0 Å². The Morgan fingerprint density at radius 2 is 0.932 bits per heavy atom. The third kappa shape index (κ3) is 4.50. The normalized spacial score (nSPS) is 13.6. The van der Waals surface area contributed by atoms with E-state index in [2.05, 4.69) is 31.3 Å². The minimum atomic E-state index is -0.512. The fourth-order valence-electron chi connectivity index (χ4n) is 5.02. The Labute approximate surface area is 250 Å². The van der Waals surface area contributed by atoms with E-state index in [1.54, 1.807) is 87.0 Å². The Morgan fingerprint density at radius 3 is 1.32 bits per heavy atom. The maximum atomic E-state index is 14.7. The van der Waals surface area contributed by atoms with Crippen molar-refractivity contribution in [2.75, 3.05) is 24.9 Å². The van der Waals surface area contributed by atoms with Gasteiger partial charge < -0.3 is 20.1 Å². The molecule has 0 bridgehead atoms. The number of methoxy groups -OCH3 is 2. The zero-order chi connectivity index (χ0) is 30.2. The summed E-state index contributed by atoms with van der Waals surface area (Å²) < 4.78 is 13.3. The molecule has 0 unspecified atom stereocenters. The van der Waals surface area contributed by atoms with Gasteiger partial charge in [0, 0.05) is 11.4 Å². The fourth-order valence-corrected chi connectivity index (χ4v) is 5.02. The largest absolute Gasteiger partial charge is 0.497 e. The number of rotatable bonds is 8. The Bertz CT molecular complexity index is 1970. The molecular weight excluding hydrogens is 560 g/mol. The van der Waals surface area contributed by atoms with Crippen molar-refractivity contribution in [2.45, 2.75) is 0 Å². The van der Waals surface area contributed by atoms with Crippen LogP contribution in [0.15, 0.2) is 108 Å². The minimum Gasteiger partial charge on any atom is -0.497 e. The molecule has 7 rings (SSSR count). The first kappa shape index (κ1) is 26.6. The van der Waals surface area contributed by atoms with Gasteiger partial charge in [-0.1, -0.05) is 34.7 Å². The van der Waals surface area contributed by atoms with Gasteiger partial charge in [0.25, 0.3) is 0 Å². The van der Waals surface area contributed by atoms with Crippen LogP contribution in [-0.4, -0.2) is 55.8 Å². The van der Waals surface area contributed by atoms with Crippen molar-refractivity contribution in [3.8, 4) is 11.5 Å². The average Bonchev–Trinajstić information content (AvgIpc) is 3.69. The number of anilines is 2. The van der Waals surface area contributed by atoms with Crippen molar-refractivity contribution in [1.29, 1.82) is 0 Å². The number of allylic oxidation sites excluding steroid dienone is 2. The van der Waals surface area contributed by atoms with Gasteiger partial charge in [0.15, 0.2) is 0 Å². The van der Waals surface area contributed by atoms with E-state index in [-0.39, 0.29) is 22.8 Å². The predicted octanol–water partition coefficient (Wildman–Crippen LogP) is 4.61. The first-order valence-corrected chi connectivity index (χ1v) is 13.6. The van der Waals surface area contributed by atoms with Gasteiger partial charge >= 0.3 is 0 Å². The molecule has 12 nitrogen and oxygen atoms in total. The predicted molar refractivity (Wildman–Crippen MR) is 165 cm³/mol. The number of carbonyl (C=O) groups is 2. The summed E-state index contributed by atoms with van der Waals surface area (Å²) >= 11 is 0. The number of aromatic nitrogens is 6. The highest BCUT2D eigenvalue weighted by Gasteiger charge is 2.39. The number of ketones is 2. The molecule has 0 aliphatic heterocycles. The van der Waals surface area contributed by atoms with Gasteiger partial charge in [0.1, 0.15) is 45.3 Å². The van der Waals surface area contributed by atoms with Gasteiger partial charge in [-0.15, -0.1) is 10.2 Å². The summed E-state index contributed by atoms with van der Waals surface area (Å²) in [5.41, 5.74) is 3.30. The molecular formula is C32H24N8O4. The summed E-state index contributed by atoms with van der Waals surface area (Å²) in [6.45, 7) is 0. The summed E-state index contributed by atoms with van der Waals surface area (Å²) in [4.78, 5) is 29.4. The molecule has 0 radical (unpaired) electrons. The second-order valence-electron chi connectivity index (χ2n) is 9.79. The van der Waals surface area contributed by atoms with E-state index >= 15 is 0 Å². The molecule has 0 saturated carbocycles. The third-order valence-corrected chi connectivity index (χ3v) is 7.20. The monoisotopic (exact) mass is 584 g/mol. The number of fused-ring (bicyclic) bond motifs is 2. The zero-order valence-corrected chi connectivity index (χ0v) is 23.6. The number of Topliss-reactive ketones (excluding diaryl/α,β-unsaturated/α-hetero) is 2. The standard InChI is InChI=1S/C32H24N8O4/c1-43-21-15-11-19(12-16-21)33-27-29(39-25-9-5-3-7-23(25)35-37-39)32(42)28(34-20-13-17-22(44-2)18-14-20)30(31(27)41)40-26-10-6-4-8-24(26)36-38-40/h3-18,33-34H,1-2H3. The van der Waals surface area contributed by atoms with Crippen LogP contribution < -0.4 is 20.1 Å². The van der Waals surface area contributed by atoms with Gasteiger partial charge in [-0.05, 0) is 72.8 Å². The van der Waals surface area contributed by atoms with E-state index in [0.717, 1.165) is 0 Å². The van der Waals surface area contributed by atoms with Crippen LogP contribution in [0.3, 0.4) is 0 Å². The van der Waals surface area contributed by atoms with Crippen molar-refractivity contribution < 1.29 is 19.1 Å². The van der Waals surface area contributed by atoms with Crippen molar-refractivity contribution in [3.63, 3.8) is 0 Å². The summed E-state index contributed by atoms with van der Waals surface area (Å²) in [7, 11) is 3.14. The van der Waals surface area contributed by atoms with Gasteiger partial charge in [0.05, 0.1) is 25.3 Å². The van der Waals surface area contributed by atoms with E-state index in [0.29, 0.717) is 44.9 Å². The Kier molecular flexibility index (Phi) is 6.55. The number of ether oxygens (including phenoxy) is 2. The molecule has 0 amide bonds. The maximum Gasteiger partial charge on any atom is 0.232 e. The SMILES string of the molecule is COc1ccc(NC2=C(n3nnc4ccccc43)C(=O)C(Nc3ccc(OC)cc3)=C(n3nnc4ccccc43)C2=O)cc1. The Hall–Kier alpha value is -6.30. The van der Waals surface area contributed by atoms with E-state index in [9.17, 15) is 9.59 Å². The smallest absolute Gasteiger partial charge is 0.232 e. The average molecular weight is 585 g/mol. The molecule has 2 aromatic heterocycles. The number of nitrogens with one attached hydrogen (secondary N) is 2. The van der Waals surface area contributed by atoms with Crippen LogP contribution in [0.1, 0.15) is 0 Å². The molecule has 216 valence electrons. The quantitative estimate of drug-likeness (QED) is 0.244. The minimum absolute atomic E-state index is 0.00863.